The second-order valence-corrected chi connectivity index (χ2v) is 5.08. The lowest BCUT2D eigenvalue weighted by atomic mass is 10.1. The zero-order valence-corrected chi connectivity index (χ0v) is 11.1. The van der Waals surface area contributed by atoms with E-state index in [1.807, 2.05) is 25.1 Å². The Morgan fingerprint density at radius 3 is 2.47 bits per heavy atom. The van der Waals surface area contributed by atoms with Gasteiger partial charge in [0.25, 0.3) is 5.91 Å². The number of rotatable bonds is 4. The summed E-state index contributed by atoms with van der Waals surface area (Å²) < 4.78 is 0. The van der Waals surface area contributed by atoms with Gasteiger partial charge in [-0.3, -0.25) is 9.59 Å². The van der Waals surface area contributed by atoms with E-state index in [2.05, 4.69) is 0 Å². The smallest absolute Gasteiger partial charge is 0.323 e. The summed E-state index contributed by atoms with van der Waals surface area (Å²) in [5, 5.41) is 9.02. The molecule has 0 saturated heterocycles. The van der Waals surface area contributed by atoms with Crippen molar-refractivity contribution in [2.45, 2.75) is 38.6 Å². The Balaban J connectivity index is 2.24. The predicted molar refractivity (Wildman–Crippen MR) is 72.1 cm³/mol. The number of carbonyl (C=O) groups is 2. The minimum Gasteiger partial charge on any atom is -0.480 e. The molecule has 1 aromatic rings. The maximum Gasteiger partial charge on any atom is 0.323 e. The molecule has 0 atom stereocenters. The van der Waals surface area contributed by atoms with Crippen molar-refractivity contribution in [3.05, 3.63) is 35.4 Å². The molecule has 1 aliphatic carbocycles. The second-order valence-electron chi connectivity index (χ2n) is 5.08. The Morgan fingerprint density at radius 2 is 1.89 bits per heavy atom. The molecule has 1 N–H and O–H groups in total. The van der Waals surface area contributed by atoms with E-state index in [0.29, 0.717) is 5.56 Å². The first-order valence-corrected chi connectivity index (χ1v) is 6.68. The summed E-state index contributed by atoms with van der Waals surface area (Å²) in [5.41, 5.74) is 1.50. The molecule has 1 aromatic carbocycles. The summed E-state index contributed by atoms with van der Waals surface area (Å²) in [6.07, 6.45) is 3.96. The van der Waals surface area contributed by atoms with Gasteiger partial charge in [-0.25, -0.2) is 0 Å². The molecule has 0 bridgehead atoms. The lowest BCUT2D eigenvalue weighted by Gasteiger charge is -2.28. The fourth-order valence-electron chi connectivity index (χ4n) is 2.70. The van der Waals surface area contributed by atoms with E-state index in [9.17, 15) is 9.59 Å². The van der Waals surface area contributed by atoms with Gasteiger partial charge in [0.15, 0.2) is 0 Å². The molecule has 0 unspecified atom stereocenters. The van der Waals surface area contributed by atoms with E-state index in [4.69, 9.17) is 5.11 Å². The Labute approximate surface area is 113 Å². The number of benzene rings is 1. The number of hydrogen-bond donors (Lipinski definition) is 1. The maximum atomic E-state index is 12.6. The van der Waals surface area contributed by atoms with Gasteiger partial charge in [0.1, 0.15) is 6.54 Å². The molecule has 0 spiro atoms. The highest BCUT2D eigenvalue weighted by Gasteiger charge is 2.29. The van der Waals surface area contributed by atoms with Gasteiger partial charge in [0.2, 0.25) is 0 Å². The van der Waals surface area contributed by atoms with E-state index >= 15 is 0 Å². The number of aliphatic carboxylic acids is 1. The van der Waals surface area contributed by atoms with Crippen LogP contribution in [0.5, 0.6) is 0 Å². The van der Waals surface area contributed by atoms with Crippen molar-refractivity contribution in [1.82, 2.24) is 4.90 Å². The summed E-state index contributed by atoms with van der Waals surface area (Å²) in [6, 6.07) is 7.41. The van der Waals surface area contributed by atoms with E-state index < -0.39 is 5.97 Å². The van der Waals surface area contributed by atoms with Gasteiger partial charge in [0, 0.05) is 11.6 Å². The Bertz CT molecular complexity index is 478. The first kappa shape index (κ1) is 13.6. The SMILES string of the molecule is Cc1ccccc1C(=O)N(CC(=O)O)C1CCCC1. The molecule has 2 rings (SSSR count). The third kappa shape index (κ3) is 3.13. The van der Waals surface area contributed by atoms with Gasteiger partial charge in [-0.2, -0.15) is 0 Å². The van der Waals surface area contributed by atoms with E-state index in [1.54, 1.807) is 6.07 Å². The van der Waals surface area contributed by atoms with Gasteiger partial charge >= 0.3 is 5.97 Å². The Kier molecular flexibility index (Phi) is 4.20. The van der Waals surface area contributed by atoms with Gasteiger partial charge < -0.3 is 10.0 Å². The van der Waals surface area contributed by atoms with Crippen LogP contribution < -0.4 is 0 Å². The zero-order valence-electron chi connectivity index (χ0n) is 11.1. The molecule has 1 amide bonds. The third-order valence-electron chi connectivity index (χ3n) is 3.71. The molecule has 0 aliphatic heterocycles. The highest BCUT2D eigenvalue weighted by atomic mass is 16.4. The molecule has 0 heterocycles. The standard InChI is InChI=1S/C15H19NO3/c1-11-6-2-5-9-13(11)15(19)16(10-14(17)18)12-7-3-4-8-12/h2,5-6,9,12H,3-4,7-8,10H2,1H3,(H,17,18). The number of hydrogen-bond acceptors (Lipinski definition) is 2. The first-order valence-electron chi connectivity index (χ1n) is 6.68. The van der Waals surface area contributed by atoms with Crippen LogP contribution in [0, 0.1) is 6.92 Å². The van der Waals surface area contributed by atoms with Crippen molar-refractivity contribution in [1.29, 1.82) is 0 Å². The van der Waals surface area contributed by atoms with Crippen LogP contribution in [0.15, 0.2) is 24.3 Å². The monoisotopic (exact) mass is 261 g/mol. The van der Waals surface area contributed by atoms with E-state index in [1.165, 1.54) is 4.90 Å². The van der Waals surface area contributed by atoms with Crippen LogP contribution in [0.4, 0.5) is 0 Å². The van der Waals surface area contributed by atoms with Crippen LogP contribution in [0.25, 0.3) is 0 Å². The number of carboxylic acids is 1. The van der Waals surface area contributed by atoms with Crippen LogP contribution in [0.3, 0.4) is 0 Å². The van der Waals surface area contributed by atoms with Crippen molar-refractivity contribution in [3.8, 4) is 0 Å². The summed E-state index contributed by atoms with van der Waals surface area (Å²) >= 11 is 0. The number of carbonyl (C=O) groups excluding carboxylic acids is 1. The highest BCUT2D eigenvalue weighted by molar-refractivity contribution is 5.97. The molecule has 19 heavy (non-hydrogen) atoms. The summed E-state index contributed by atoms with van der Waals surface area (Å²) in [5.74, 6) is -1.11. The van der Waals surface area contributed by atoms with Crippen molar-refractivity contribution in [2.24, 2.45) is 0 Å². The van der Waals surface area contributed by atoms with Crippen LogP contribution in [0.1, 0.15) is 41.6 Å². The molecule has 0 aromatic heterocycles. The maximum absolute atomic E-state index is 12.6. The summed E-state index contributed by atoms with van der Waals surface area (Å²) in [4.78, 5) is 25.1. The van der Waals surface area contributed by atoms with E-state index in [0.717, 1.165) is 31.2 Å². The van der Waals surface area contributed by atoms with Gasteiger partial charge in [-0.1, -0.05) is 31.0 Å². The molecule has 102 valence electrons. The summed E-state index contributed by atoms with van der Waals surface area (Å²) in [7, 11) is 0. The molecule has 1 fully saturated rings. The highest BCUT2D eigenvalue weighted by Crippen LogP contribution is 2.25. The molecule has 0 radical (unpaired) electrons. The minimum absolute atomic E-state index is 0.0724. The number of aryl methyl sites for hydroxylation is 1. The predicted octanol–water partition coefficient (Wildman–Crippen LogP) is 2.46. The topological polar surface area (TPSA) is 57.6 Å². The third-order valence-corrected chi connectivity index (χ3v) is 3.71. The van der Waals surface area contributed by atoms with Crippen molar-refractivity contribution >= 4 is 11.9 Å². The van der Waals surface area contributed by atoms with Crippen molar-refractivity contribution < 1.29 is 14.7 Å². The quantitative estimate of drug-likeness (QED) is 0.905. The lowest BCUT2D eigenvalue weighted by Crippen LogP contribution is -2.42. The average Bonchev–Trinajstić information content (AvgIpc) is 2.89. The van der Waals surface area contributed by atoms with Gasteiger partial charge in [-0.05, 0) is 31.4 Å². The van der Waals surface area contributed by atoms with Crippen LogP contribution in [-0.4, -0.2) is 34.5 Å². The van der Waals surface area contributed by atoms with Crippen LogP contribution in [-0.2, 0) is 4.79 Å². The molecule has 4 nitrogen and oxygen atoms in total. The lowest BCUT2D eigenvalue weighted by molar-refractivity contribution is -0.138. The van der Waals surface area contributed by atoms with Gasteiger partial charge in [0.05, 0.1) is 0 Å². The molecular weight excluding hydrogens is 242 g/mol. The van der Waals surface area contributed by atoms with E-state index in [-0.39, 0.29) is 18.5 Å². The van der Waals surface area contributed by atoms with Crippen LogP contribution >= 0.6 is 0 Å². The van der Waals surface area contributed by atoms with Crippen molar-refractivity contribution in [2.75, 3.05) is 6.54 Å². The molecule has 1 aliphatic rings. The number of nitrogens with zero attached hydrogens (tertiary/aromatic N) is 1. The fourth-order valence-corrected chi connectivity index (χ4v) is 2.70. The fraction of sp³-hybridized carbons (Fsp3) is 0.467. The normalized spacial score (nSPS) is 15.4. The van der Waals surface area contributed by atoms with Crippen molar-refractivity contribution in [3.63, 3.8) is 0 Å². The minimum atomic E-state index is -0.950. The molecule has 1 saturated carbocycles. The number of amides is 1. The van der Waals surface area contributed by atoms with Crippen LogP contribution in [0.2, 0.25) is 0 Å². The second kappa shape index (κ2) is 5.87. The Morgan fingerprint density at radius 1 is 1.26 bits per heavy atom. The Hall–Kier alpha value is -1.84. The zero-order chi connectivity index (χ0) is 13.8. The average molecular weight is 261 g/mol. The summed E-state index contributed by atoms with van der Waals surface area (Å²) in [6.45, 7) is 1.67. The molecular formula is C15H19NO3. The number of carboxylic acid groups (broad SMARTS) is 1. The van der Waals surface area contributed by atoms with Gasteiger partial charge in [-0.15, -0.1) is 0 Å². The first-order chi connectivity index (χ1) is 9.09. The largest absolute Gasteiger partial charge is 0.480 e. The molecule has 4 heteroatoms.